The van der Waals surface area contributed by atoms with Gasteiger partial charge in [0.2, 0.25) is 0 Å². The largest absolute Gasteiger partial charge is 0.497 e. The maximum Gasteiger partial charge on any atom is 0.251 e. The molecule has 0 radical (unpaired) electrons. The maximum atomic E-state index is 12.5. The topological polar surface area (TPSA) is 47.6 Å². The molecule has 3 rings (SSSR count). The first kappa shape index (κ1) is 17.0. The summed E-state index contributed by atoms with van der Waals surface area (Å²) in [7, 11) is 3.26. The Kier molecular flexibility index (Phi) is 5.31. The number of amides is 1. The van der Waals surface area contributed by atoms with Crippen molar-refractivity contribution >= 4 is 16.7 Å². The number of ether oxygens (including phenoxy) is 2. The van der Waals surface area contributed by atoms with Crippen molar-refractivity contribution in [2.75, 3.05) is 20.8 Å². The molecule has 4 nitrogen and oxygen atoms in total. The maximum absolute atomic E-state index is 12.5. The van der Waals surface area contributed by atoms with Crippen molar-refractivity contribution in [2.24, 2.45) is 0 Å². The Labute approximate surface area is 147 Å². The predicted molar refractivity (Wildman–Crippen MR) is 99.0 cm³/mol. The summed E-state index contributed by atoms with van der Waals surface area (Å²) >= 11 is 0. The number of hydrogen-bond donors (Lipinski definition) is 1. The summed E-state index contributed by atoms with van der Waals surface area (Å²) < 4.78 is 10.8. The number of hydrogen-bond acceptors (Lipinski definition) is 3. The van der Waals surface area contributed by atoms with Gasteiger partial charge in [-0.25, -0.2) is 0 Å². The number of benzene rings is 3. The van der Waals surface area contributed by atoms with Gasteiger partial charge < -0.3 is 14.8 Å². The second-order valence-corrected chi connectivity index (χ2v) is 5.77. The van der Waals surface area contributed by atoms with Crippen LogP contribution in [0.4, 0.5) is 0 Å². The highest BCUT2D eigenvalue weighted by Gasteiger charge is 2.14. The molecule has 128 valence electrons. The molecule has 25 heavy (non-hydrogen) atoms. The average Bonchev–Trinajstić information content (AvgIpc) is 2.68. The summed E-state index contributed by atoms with van der Waals surface area (Å²) in [4.78, 5) is 12.5. The van der Waals surface area contributed by atoms with Crippen LogP contribution in [-0.4, -0.2) is 26.7 Å². The minimum atomic E-state index is -0.237. The Bertz CT molecular complexity index is 876. The van der Waals surface area contributed by atoms with E-state index in [-0.39, 0.29) is 12.0 Å². The van der Waals surface area contributed by atoms with Gasteiger partial charge in [-0.05, 0) is 40.6 Å². The predicted octanol–water partition coefficient (Wildman–Crippen LogP) is 3.97. The molecule has 0 aliphatic carbocycles. The fraction of sp³-hybridized carbons (Fsp3) is 0.190. The van der Waals surface area contributed by atoms with Gasteiger partial charge in [0, 0.05) is 19.2 Å². The molecule has 0 aliphatic heterocycles. The molecule has 0 spiro atoms. The Hall–Kier alpha value is -2.85. The van der Waals surface area contributed by atoms with Crippen LogP contribution in [0.5, 0.6) is 5.75 Å². The Morgan fingerprint density at radius 2 is 1.76 bits per heavy atom. The van der Waals surface area contributed by atoms with Gasteiger partial charge in [-0.2, -0.15) is 0 Å². The second-order valence-electron chi connectivity index (χ2n) is 5.77. The van der Waals surface area contributed by atoms with Crippen molar-refractivity contribution in [1.82, 2.24) is 5.32 Å². The van der Waals surface area contributed by atoms with Gasteiger partial charge in [0.15, 0.2) is 0 Å². The summed E-state index contributed by atoms with van der Waals surface area (Å²) in [6, 6.07) is 21.3. The first-order chi connectivity index (χ1) is 12.2. The molecule has 1 atom stereocenters. The monoisotopic (exact) mass is 335 g/mol. The molecule has 0 bridgehead atoms. The Morgan fingerprint density at radius 3 is 2.52 bits per heavy atom. The zero-order valence-electron chi connectivity index (χ0n) is 14.4. The van der Waals surface area contributed by atoms with Crippen LogP contribution in [0, 0.1) is 0 Å². The van der Waals surface area contributed by atoms with Crippen LogP contribution in [0.2, 0.25) is 0 Å². The summed E-state index contributed by atoms with van der Waals surface area (Å²) in [6.07, 6.45) is -0.237. The van der Waals surface area contributed by atoms with Gasteiger partial charge in [0.05, 0.1) is 13.2 Å². The third-order valence-electron chi connectivity index (χ3n) is 4.21. The van der Waals surface area contributed by atoms with Gasteiger partial charge in [0.25, 0.3) is 5.91 Å². The lowest BCUT2D eigenvalue weighted by atomic mass is 10.1. The van der Waals surface area contributed by atoms with Crippen LogP contribution in [0.3, 0.4) is 0 Å². The number of nitrogens with one attached hydrogen (secondary N) is 1. The fourth-order valence-corrected chi connectivity index (χ4v) is 2.80. The van der Waals surface area contributed by atoms with E-state index in [0.29, 0.717) is 12.1 Å². The molecular weight excluding hydrogens is 314 g/mol. The van der Waals surface area contributed by atoms with Crippen molar-refractivity contribution in [3.05, 3.63) is 77.9 Å². The highest BCUT2D eigenvalue weighted by atomic mass is 16.5. The molecule has 4 heteroatoms. The lowest BCUT2D eigenvalue weighted by Gasteiger charge is -2.17. The van der Waals surface area contributed by atoms with Crippen LogP contribution >= 0.6 is 0 Å². The Morgan fingerprint density at radius 1 is 0.960 bits per heavy atom. The summed E-state index contributed by atoms with van der Waals surface area (Å²) in [5.74, 6) is 0.649. The van der Waals surface area contributed by atoms with Crippen molar-refractivity contribution in [1.29, 1.82) is 0 Å². The van der Waals surface area contributed by atoms with Gasteiger partial charge in [-0.1, -0.05) is 42.5 Å². The normalized spacial score (nSPS) is 11.9. The number of methoxy groups -OCH3 is 2. The van der Waals surface area contributed by atoms with Crippen molar-refractivity contribution in [2.45, 2.75) is 6.10 Å². The standard InChI is InChI=1S/C21H21NO3/c1-24-19-9-5-8-17(13-19)20(25-2)14-22-21(23)18-11-10-15-6-3-4-7-16(15)12-18/h3-13,20H,14H2,1-2H3,(H,22,23). The average molecular weight is 335 g/mol. The van der Waals surface area contributed by atoms with Crippen molar-refractivity contribution in [3.8, 4) is 5.75 Å². The van der Waals surface area contributed by atoms with Crippen LogP contribution in [0.15, 0.2) is 66.7 Å². The van der Waals surface area contributed by atoms with Crippen LogP contribution in [0.1, 0.15) is 22.0 Å². The van der Waals surface area contributed by atoms with E-state index >= 15 is 0 Å². The highest BCUT2D eigenvalue weighted by molar-refractivity contribution is 5.98. The smallest absolute Gasteiger partial charge is 0.251 e. The minimum Gasteiger partial charge on any atom is -0.497 e. The minimum absolute atomic E-state index is 0.115. The molecule has 0 aliphatic rings. The van der Waals surface area contributed by atoms with E-state index in [1.54, 1.807) is 14.2 Å². The molecule has 1 N–H and O–H groups in total. The van der Waals surface area contributed by atoms with E-state index in [9.17, 15) is 4.79 Å². The van der Waals surface area contributed by atoms with Crippen LogP contribution < -0.4 is 10.1 Å². The van der Waals surface area contributed by atoms with Gasteiger partial charge in [-0.3, -0.25) is 4.79 Å². The number of rotatable bonds is 6. The number of fused-ring (bicyclic) bond motifs is 1. The first-order valence-corrected chi connectivity index (χ1v) is 8.15. The van der Waals surface area contributed by atoms with E-state index < -0.39 is 0 Å². The van der Waals surface area contributed by atoms with Crippen LogP contribution in [0.25, 0.3) is 10.8 Å². The second kappa shape index (κ2) is 7.81. The SMILES string of the molecule is COc1cccc(C(CNC(=O)c2ccc3ccccc3c2)OC)c1. The van der Waals surface area contributed by atoms with E-state index in [0.717, 1.165) is 22.1 Å². The van der Waals surface area contributed by atoms with Gasteiger partial charge in [0.1, 0.15) is 5.75 Å². The highest BCUT2D eigenvalue weighted by Crippen LogP contribution is 2.21. The fourth-order valence-electron chi connectivity index (χ4n) is 2.80. The van der Waals surface area contributed by atoms with E-state index in [1.807, 2.05) is 66.7 Å². The van der Waals surface area contributed by atoms with Crippen LogP contribution in [-0.2, 0) is 4.74 Å². The molecule has 3 aromatic carbocycles. The van der Waals surface area contributed by atoms with E-state index in [2.05, 4.69) is 5.32 Å². The lowest BCUT2D eigenvalue weighted by Crippen LogP contribution is -2.29. The quantitative estimate of drug-likeness (QED) is 0.741. The molecule has 0 heterocycles. The third kappa shape index (κ3) is 3.98. The Balaban J connectivity index is 1.70. The van der Waals surface area contributed by atoms with Crippen molar-refractivity contribution < 1.29 is 14.3 Å². The number of carbonyl (C=O) groups excluding carboxylic acids is 1. The molecule has 0 aromatic heterocycles. The van der Waals surface area contributed by atoms with E-state index in [4.69, 9.17) is 9.47 Å². The summed E-state index contributed by atoms with van der Waals surface area (Å²) in [5.41, 5.74) is 1.60. The zero-order chi connectivity index (χ0) is 17.6. The summed E-state index contributed by atoms with van der Waals surface area (Å²) in [6.45, 7) is 0.384. The molecule has 1 amide bonds. The molecule has 1 unspecified atom stereocenters. The molecule has 0 saturated carbocycles. The molecule has 0 fully saturated rings. The lowest BCUT2D eigenvalue weighted by molar-refractivity contribution is 0.0827. The van der Waals surface area contributed by atoms with Crippen molar-refractivity contribution in [3.63, 3.8) is 0 Å². The number of carbonyl (C=O) groups is 1. The van der Waals surface area contributed by atoms with E-state index in [1.165, 1.54) is 0 Å². The van der Waals surface area contributed by atoms with Gasteiger partial charge in [-0.15, -0.1) is 0 Å². The summed E-state index contributed by atoms with van der Waals surface area (Å²) in [5, 5.41) is 5.11. The third-order valence-corrected chi connectivity index (χ3v) is 4.21. The first-order valence-electron chi connectivity index (χ1n) is 8.15. The molecule has 3 aromatic rings. The molecule has 0 saturated heterocycles. The van der Waals surface area contributed by atoms with Gasteiger partial charge >= 0.3 is 0 Å². The zero-order valence-corrected chi connectivity index (χ0v) is 14.4. The molecular formula is C21H21NO3.